The van der Waals surface area contributed by atoms with E-state index in [-0.39, 0.29) is 6.04 Å². The fourth-order valence-electron chi connectivity index (χ4n) is 3.47. The molecule has 3 aromatic rings. The average Bonchev–Trinajstić information content (AvgIpc) is 3.35. The summed E-state index contributed by atoms with van der Waals surface area (Å²) in [6, 6.07) is 25.9. The Morgan fingerprint density at radius 1 is 0.810 bits per heavy atom. The number of rotatable bonds is 3. The zero-order valence-electron chi connectivity index (χ0n) is 11.9. The first kappa shape index (κ1) is 12.6. The van der Waals surface area contributed by atoms with E-state index in [1.165, 1.54) is 28.3 Å². The van der Waals surface area contributed by atoms with E-state index in [1.807, 2.05) is 0 Å². The summed E-state index contributed by atoms with van der Waals surface area (Å²) in [6.45, 7) is 0. The Balaban J connectivity index is 1.65. The number of benzene rings is 3. The maximum Gasteiger partial charge on any atom is 0.0335 e. The zero-order chi connectivity index (χ0) is 14.2. The summed E-state index contributed by atoms with van der Waals surface area (Å²) in [5, 5.41) is 2.58. The van der Waals surface area contributed by atoms with Gasteiger partial charge in [0.25, 0.3) is 0 Å². The van der Waals surface area contributed by atoms with Gasteiger partial charge in [-0.2, -0.15) is 0 Å². The van der Waals surface area contributed by atoms with Crippen molar-refractivity contribution in [3.05, 3.63) is 83.9 Å². The first-order valence-corrected chi connectivity index (χ1v) is 7.63. The molecule has 21 heavy (non-hydrogen) atoms. The molecule has 1 saturated carbocycles. The average molecular weight is 273 g/mol. The number of hydrogen-bond acceptors (Lipinski definition) is 1. The van der Waals surface area contributed by atoms with E-state index in [2.05, 4.69) is 72.8 Å². The van der Waals surface area contributed by atoms with Crippen molar-refractivity contribution in [1.82, 2.24) is 0 Å². The van der Waals surface area contributed by atoms with Crippen molar-refractivity contribution in [1.29, 1.82) is 0 Å². The van der Waals surface area contributed by atoms with Crippen LogP contribution < -0.4 is 5.73 Å². The van der Waals surface area contributed by atoms with Gasteiger partial charge in [-0.3, -0.25) is 0 Å². The second-order valence-electron chi connectivity index (χ2n) is 6.01. The van der Waals surface area contributed by atoms with Crippen LogP contribution in [-0.4, -0.2) is 0 Å². The predicted octanol–water partition coefficient (Wildman–Crippen LogP) is 4.64. The highest BCUT2D eigenvalue weighted by Crippen LogP contribution is 2.53. The molecule has 1 aliphatic carbocycles. The van der Waals surface area contributed by atoms with E-state index >= 15 is 0 Å². The summed E-state index contributed by atoms with van der Waals surface area (Å²) < 4.78 is 0. The van der Waals surface area contributed by atoms with Crippen LogP contribution in [-0.2, 0) is 0 Å². The molecule has 0 saturated heterocycles. The molecule has 3 aromatic carbocycles. The third-order valence-corrected chi connectivity index (χ3v) is 4.71. The molecule has 0 radical (unpaired) electrons. The lowest BCUT2D eigenvalue weighted by atomic mass is 9.94. The quantitative estimate of drug-likeness (QED) is 0.739. The van der Waals surface area contributed by atoms with Crippen LogP contribution in [0.2, 0.25) is 0 Å². The highest BCUT2D eigenvalue weighted by molar-refractivity contribution is 5.86. The van der Waals surface area contributed by atoms with Gasteiger partial charge in [-0.25, -0.2) is 0 Å². The summed E-state index contributed by atoms with van der Waals surface area (Å²) in [6.07, 6.45) is 1.20. The minimum Gasteiger partial charge on any atom is -0.324 e. The fourth-order valence-corrected chi connectivity index (χ4v) is 3.47. The van der Waals surface area contributed by atoms with Gasteiger partial charge in [0.1, 0.15) is 0 Å². The van der Waals surface area contributed by atoms with E-state index in [1.54, 1.807) is 0 Å². The zero-order valence-corrected chi connectivity index (χ0v) is 11.9. The molecule has 0 aromatic heterocycles. The molecule has 1 fully saturated rings. The van der Waals surface area contributed by atoms with Crippen LogP contribution in [0.25, 0.3) is 10.8 Å². The van der Waals surface area contributed by atoms with Gasteiger partial charge in [-0.05, 0) is 40.2 Å². The van der Waals surface area contributed by atoms with Crippen molar-refractivity contribution in [2.24, 2.45) is 11.7 Å². The molecule has 3 atom stereocenters. The van der Waals surface area contributed by atoms with E-state index < -0.39 is 0 Å². The Kier molecular flexibility index (Phi) is 3.01. The molecule has 1 aliphatic rings. The Hall–Kier alpha value is -2.12. The first-order valence-electron chi connectivity index (χ1n) is 7.63. The van der Waals surface area contributed by atoms with E-state index in [0.717, 1.165) is 0 Å². The monoisotopic (exact) mass is 273 g/mol. The SMILES string of the molecule is NC(c1cccc2ccccc12)C1CC1c1ccccc1. The number of hydrogen-bond donors (Lipinski definition) is 1. The van der Waals surface area contributed by atoms with Crippen LogP contribution in [0.15, 0.2) is 72.8 Å². The lowest BCUT2D eigenvalue weighted by molar-refractivity contribution is 0.620. The van der Waals surface area contributed by atoms with Gasteiger partial charge < -0.3 is 5.73 Å². The van der Waals surface area contributed by atoms with Crippen molar-refractivity contribution in [2.45, 2.75) is 18.4 Å². The van der Waals surface area contributed by atoms with Gasteiger partial charge in [0.05, 0.1) is 0 Å². The van der Waals surface area contributed by atoms with E-state index in [0.29, 0.717) is 11.8 Å². The van der Waals surface area contributed by atoms with Gasteiger partial charge in [0.15, 0.2) is 0 Å². The molecule has 0 aliphatic heterocycles. The third kappa shape index (κ3) is 2.24. The second-order valence-corrected chi connectivity index (χ2v) is 6.01. The molecule has 4 rings (SSSR count). The van der Waals surface area contributed by atoms with Crippen LogP contribution >= 0.6 is 0 Å². The lowest BCUT2D eigenvalue weighted by Gasteiger charge is -2.15. The topological polar surface area (TPSA) is 26.0 Å². The summed E-state index contributed by atoms with van der Waals surface area (Å²) in [4.78, 5) is 0. The minimum absolute atomic E-state index is 0.126. The number of nitrogens with two attached hydrogens (primary N) is 1. The van der Waals surface area contributed by atoms with Gasteiger partial charge in [0, 0.05) is 6.04 Å². The molecule has 0 amide bonds. The molecular formula is C20H19N. The van der Waals surface area contributed by atoms with Crippen LogP contribution in [0.3, 0.4) is 0 Å². The normalized spacial score (nSPS) is 22.1. The molecule has 0 heterocycles. The summed E-state index contributed by atoms with van der Waals surface area (Å²) >= 11 is 0. The fraction of sp³-hybridized carbons (Fsp3) is 0.200. The molecule has 1 heteroatoms. The third-order valence-electron chi connectivity index (χ3n) is 4.71. The van der Waals surface area contributed by atoms with Crippen molar-refractivity contribution < 1.29 is 0 Å². The smallest absolute Gasteiger partial charge is 0.0335 e. The summed E-state index contributed by atoms with van der Waals surface area (Å²) in [7, 11) is 0. The Bertz CT molecular complexity index is 758. The van der Waals surface area contributed by atoms with Crippen molar-refractivity contribution in [3.63, 3.8) is 0 Å². The van der Waals surface area contributed by atoms with Gasteiger partial charge in [-0.15, -0.1) is 0 Å². The molecule has 0 spiro atoms. The molecule has 0 bridgehead atoms. The largest absolute Gasteiger partial charge is 0.324 e. The lowest BCUT2D eigenvalue weighted by Crippen LogP contribution is -2.13. The van der Waals surface area contributed by atoms with Crippen molar-refractivity contribution in [2.75, 3.05) is 0 Å². The van der Waals surface area contributed by atoms with Gasteiger partial charge in [0.2, 0.25) is 0 Å². The van der Waals surface area contributed by atoms with Crippen LogP contribution in [0.5, 0.6) is 0 Å². The highest BCUT2D eigenvalue weighted by Gasteiger charge is 2.43. The summed E-state index contributed by atoms with van der Waals surface area (Å²) in [5.41, 5.74) is 9.31. The van der Waals surface area contributed by atoms with Crippen LogP contribution in [0.4, 0.5) is 0 Å². The number of fused-ring (bicyclic) bond motifs is 1. The summed E-state index contributed by atoms with van der Waals surface area (Å²) in [5.74, 6) is 1.19. The van der Waals surface area contributed by atoms with Crippen molar-refractivity contribution >= 4 is 10.8 Å². The van der Waals surface area contributed by atoms with Gasteiger partial charge in [-0.1, -0.05) is 72.8 Å². The molecule has 1 nitrogen and oxygen atoms in total. The van der Waals surface area contributed by atoms with E-state index in [9.17, 15) is 0 Å². The molecule has 104 valence electrons. The van der Waals surface area contributed by atoms with Gasteiger partial charge >= 0.3 is 0 Å². The standard InChI is InChI=1S/C20H19N/c21-20(19-13-18(19)15-7-2-1-3-8-15)17-12-6-10-14-9-4-5-11-16(14)17/h1-12,18-20H,13,21H2. The Labute approximate surface area is 125 Å². The molecular weight excluding hydrogens is 254 g/mol. The molecule has 3 unspecified atom stereocenters. The van der Waals surface area contributed by atoms with E-state index in [4.69, 9.17) is 5.73 Å². The molecule has 2 N–H and O–H groups in total. The maximum atomic E-state index is 6.59. The highest BCUT2D eigenvalue weighted by atomic mass is 14.7. The predicted molar refractivity (Wildman–Crippen MR) is 88.2 cm³/mol. The second kappa shape index (κ2) is 5.01. The van der Waals surface area contributed by atoms with Crippen LogP contribution in [0.1, 0.15) is 29.5 Å². The minimum atomic E-state index is 0.126. The Morgan fingerprint density at radius 2 is 1.52 bits per heavy atom. The van der Waals surface area contributed by atoms with Crippen LogP contribution in [0, 0.1) is 5.92 Å². The first-order chi connectivity index (χ1) is 10.3. The maximum absolute atomic E-state index is 6.59. The Morgan fingerprint density at radius 3 is 2.38 bits per heavy atom. The van der Waals surface area contributed by atoms with Crippen molar-refractivity contribution in [3.8, 4) is 0 Å².